The Labute approximate surface area is 159 Å². The summed E-state index contributed by atoms with van der Waals surface area (Å²) in [5.41, 5.74) is 0.814. The number of rotatable bonds is 7. The lowest BCUT2D eigenvalue weighted by atomic mass is 10.2. The standard InChI is InChI=1S/C18H19N5O5/c1-2-28-18(27)12-3-5-13(6-4-12)21-15(25)10-22-11-19-16-14(17(22)26)9-20-23(16)7-8-24/h3-6,9,11,24H,2,7-8,10H2,1H3,(H,21,25). The number of nitrogens with zero attached hydrogens (tertiary/aromatic N) is 4. The van der Waals surface area contributed by atoms with Crippen molar-refractivity contribution in [3.63, 3.8) is 0 Å². The van der Waals surface area contributed by atoms with E-state index in [9.17, 15) is 14.4 Å². The van der Waals surface area contributed by atoms with Gasteiger partial charge in [-0.05, 0) is 31.2 Å². The lowest BCUT2D eigenvalue weighted by Crippen LogP contribution is -2.28. The molecular weight excluding hydrogens is 366 g/mol. The number of carbonyl (C=O) groups excluding carboxylic acids is 2. The first kappa shape index (κ1) is 19.2. The minimum Gasteiger partial charge on any atom is -0.462 e. The third-order valence-electron chi connectivity index (χ3n) is 3.93. The van der Waals surface area contributed by atoms with Gasteiger partial charge in [0.05, 0.1) is 31.5 Å². The molecule has 3 rings (SSSR count). The van der Waals surface area contributed by atoms with Crippen molar-refractivity contribution in [2.24, 2.45) is 0 Å². The highest BCUT2D eigenvalue weighted by atomic mass is 16.5. The first-order chi connectivity index (χ1) is 13.5. The molecular formula is C18H19N5O5. The number of amides is 1. The van der Waals surface area contributed by atoms with Crippen LogP contribution in [0.4, 0.5) is 5.69 Å². The van der Waals surface area contributed by atoms with Crippen LogP contribution in [0.5, 0.6) is 0 Å². The lowest BCUT2D eigenvalue weighted by Gasteiger charge is -2.08. The largest absolute Gasteiger partial charge is 0.462 e. The molecule has 0 saturated heterocycles. The Morgan fingerprint density at radius 3 is 2.68 bits per heavy atom. The Balaban J connectivity index is 1.70. The van der Waals surface area contributed by atoms with E-state index in [1.165, 1.54) is 21.8 Å². The van der Waals surface area contributed by atoms with Crippen LogP contribution in [0.3, 0.4) is 0 Å². The van der Waals surface area contributed by atoms with Gasteiger partial charge in [0.15, 0.2) is 5.65 Å². The molecule has 0 atom stereocenters. The van der Waals surface area contributed by atoms with Crippen LogP contribution in [0.25, 0.3) is 11.0 Å². The SMILES string of the molecule is CCOC(=O)c1ccc(NC(=O)Cn2cnc3c(cnn3CCO)c2=O)cc1. The Kier molecular flexibility index (Phi) is 5.80. The Morgan fingerprint density at radius 2 is 2.00 bits per heavy atom. The van der Waals surface area contributed by atoms with Crippen molar-refractivity contribution in [1.82, 2.24) is 19.3 Å². The average molecular weight is 385 g/mol. The summed E-state index contributed by atoms with van der Waals surface area (Å²) in [6.45, 7) is 1.87. The molecule has 1 amide bonds. The Bertz CT molecular complexity index is 1050. The number of aromatic nitrogens is 4. The smallest absolute Gasteiger partial charge is 0.338 e. The van der Waals surface area contributed by atoms with Crippen molar-refractivity contribution in [2.45, 2.75) is 20.0 Å². The highest BCUT2D eigenvalue weighted by molar-refractivity contribution is 5.93. The molecule has 2 heterocycles. The number of esters is 1. The van der Waals surface area contributed by atoms with Gasteiger partial charge in [-0.15, -0.1) is 0 Å². The number of fused-ring (bicyclic) bond motifs is 1. The molecule has 3 aromatic rings. The lowest BCUT2D eigenvalue weighted by molar-refractivity contribution is -0.116. The fourth-order valence-corrected chi connectivity index (χ4v) is 2.63. The van der Waals surface area contributed by atoms with Crippen LogP contribution in [0, 0.1) is 0 Å². The quantitative estimate of drug-likeness (QED) is 0.563. The Hall–Kier alpha value is -3.53. The van der Waals surface area contributed by atoms with Gasteiger partial charge in [-0.3, -0.25) is 14.2 Å². The van der Waals surface area contributed by atoms with Crippen LogP contribution in [-0.4, -0.2) is 49.5 Å². The molecule has 2 aromatic heterocycles. The number of aliphatic hydroxyl groups excluding tert-OH is 1. The van der Waals surface area contributed by atoms with E-state index in [0.29, 0.717) is 16.9 Å². The second-order valence-corrected chi connectivity index (χ2v) is 5.85. The maximum Gasteiger partial charge on any atom is 0.338 e. The van der Waals surface area contributed by atoms with Crippen molar-refractivity contribution in [2.75, 3.05) is 18.5 Å². The van der Waals surface area contributed by atoms with Crippen molar-refractivity contribution in [1.29, 1.82) is 0 Å². The summed E-state index contributed by atoms with van der Waals surface area (Å²) in [7, 11) is 0. The summed E-state index contributed by atoms with van der Waals surface area (Å²) in [6.07, 6.45) is 2.63. The molecule has 0 aliphatic carbocycles. The number of benzene rings is 1. The molecule has 0 bridgehead atoms. The second-order valence-electron chi connectivity index (χ2n) is 5.85. The summed E-state index contributed by atoms with van der Waals surface area (Å²) in [6, 6.07) is 6.24. The van der Waals surface area contributed by atoms with Crippen LogP contribution in [0.1, 0.15) is 17.3 Å². The topological polar surface area (TPSA) is 128 Å². The molecule has 10 nitrogen and oxygen atoms in total. The van der Waals surface area contributed by atoms with E-state index >= 15 is 0 Å². The molecule has 0 radical (unpaired) electrons. The summed E-state index contributed by atoms with van der Waals surface area (Å²) < 4.78 is 7.50. The monoisotopic (exact) mass is 385 g/mol. The number of nitrogens with one attached hydrogen (secondary N) is 1. The fraction of sp³-hybridized carbons (Fsp3) is 0.278. The molecule has 28 heavy (non-hydrogen) atoms. The Morgan fingerprint density at radius 1 is 1.25 bits per heavy atom. The second kappa shape index (κ2) is 8.44. The van der Waals surface area contributed by atoms with E-state index in [1.54, 1.807) is 31.2 Å². The van der Waals surface area contributed by atoms with Gasteiger partial charge >= 0.3 is 5.97 Å². The summed E-state index contributed by atoms with van der Waals surface area (Å²) >= 11 is 0. The summed E-state index contributed by atoms with van der Waals surface area (Å²) in [5, 5.41) is 15.9. The molecule has 146 valence electrons. The normalized spacial score (nSPS) is 10.8. The first-order valence-corrected chi connectivity index (χ1v) is 8.62. The third kappa shape index (κ3) is 4.07. The van der Waals surface area contributed by atoms with E-state index < -0.39 is 17.4 Å². The van der Waals surface area contributed by atoms with Crippen molar-refractivity contribution in [3.8, 4) is 0 Å². The number of anilines is 1. The van der Waals surface area contributed by atoms with Gasteiger partial charge < -0.3 is 15.2 Å². The molecule has 10 heteroatoms. The third-order valence-corrected chi connectivity index (χ3v) is 3.93. The summed E-state index contributed by atoms with van der Waals surface area (Å²) in [5.74, 6) is -0.858. The highest BCUT2D eigenvalue weighted by Crippen LogP contribution is 2.11. The van der Waals surface area contributed by atoms with E-state index in [-0.39, 0.29) is 31.7 Å². The fourth-order valence-electron chi connectivity index (χ4n) is 2.63. The molecule has 0 aliphatic rings. The number of aliphatic hydroxyl groups is 1. The van der Waals surface area contributed by atoms with Gasteiger partial charge in [0, 0.05) is 5.69 Å². The molecule has 1 aromatic carbocycles. The van der Waals surface area contributed by atoms with E-state index in [0.717, 1.165) is 0 Å². The van der Waals surface area contributed by atoms with Crippen LogP contribution >= 0.6 is 0 Å². The van der Waals surface area contributed by atoms with Crippen LogP contribution < -0.4 is 10.9 Å². The highest BCUT2D eigenvalue weighted by Gasteiger charge is 2.12. The molecule has 0 unspecified atom stereocenters. The van der Waals surface area contributed by atoms with Gasteiger partial charge in [0.2, 0.25) is 5.91 Å². The predicted molar refractivity (Wildman–Crippen MR) is 99.9 cm³/mol. The summed E-state index contributed by atoms with van der Waals surface area (Å²) in [4.78, 5) is 40.5. The van der Waals surface area contributed by atoms with Gasteiger partial charge in [0.1, 0.15) is 18.3 Å². The zero-order valence-corrected chi connectivity index (χ0v) is 15.2. The number of carbonyl (C=O) groups is 2. The van der Waals surface area contributed by atoms with Gasteiger partial charge in [0.25, 0.3) is 5.56 Å². The number of hydrogen-bond acceptors (Lipinski definition) is 7. The van der Waals surface area contributed by atoms with Gasteiger partial charge in [-0.25, -0.2) is 14.5 Å². The van der Waals surface area contributed by atoms with Crippen LogP contribution in [0.15, 0.2) is 41.6 Å². The molecule has 0 aliphatic heterocycles. The van der Waals surface area contributed by atoms with Crippen LogP contribution in [0.2, 0.25) is 0 Å². The minimum atomic E-state index is -0.437. The first-order valence-electron chi connectivity index (χ1n) is 8.62. The maximum absolute atomic E-state index is 12.5. The number of hydrogen-bond donors (Lipinski definition) is 2. The van der Waals surface area contributed by atoms with Crippen molar-refractivity contribution in [3.05, 3.63) is 52.7 Å². The van der Waals surface area contributed by atoms with E-state index in [2.05, 4.69) is 15.4 Å². The van der Waals surface area contributed by atoms with Gasteiger partial charge in [-0.1, -0.05) is 0 Å². The average Bonchev–Trinajstić information content (AvgIpc) is 3.09. The van der Waals surface area contributed by atoms with Gasteiger partial charge in [-0.2, -0.15) is 5.10 Å². The number of ether oxygens (including phenoxy) is 1. The van der Waals surface area contributed by atoms with E-state index in [1.807, 2.05) is 0 Å². The minimum absolute atomic E-state index is 0.126. The zero-order chi connectivity index (χ0) is 20.1. The van der Waals surface area contributed by atoms with Crippen molar-refractivity contribution < 1.29 is 19.4 Å². The molecule has 2 N–H and O–H groups in total. The zero-order valence-electron chi connectivity index (χ0n) is 15.2. The van der Waals surface area contributed by atoms with E-state index in [4.69, 9.17) is 9.84 Å². The predicted octanol–water partition coefficient (Wildman–Crippen LogP) is 0.401. The molecule has 0 fully saturated rings. The van der Waals surface area contributed by atoms with Crippen molar-refractivity contribution >= 4 is 28.6 Å². The van der Waals surface area contributed by atoms with Crippen LogP contribution in [-0.2, 0) is 22.6 Å². The molecule has 0 spiro atoms. The maximum atomic E-state index is 12.5. The molecule has 0 saturated carbocycles.